The van der Waals surface area contributed by atoms with E-state index in [9.17, 15) is 14.7 Å². The van der Waals surface area contributed by atoms with Crippen molar-refractivity contribution in [3.63, 3.8) is 0 Å². The summed E-state index contributed by atoms with van der Waals surface area (Å²) in [6, 6.07) is 9.03. The molecule has 0 saturated carbocycles. The van der Waals surface area contributed by atoms with Crippen molar-refractivity contribution in [1.82, 2.24) is 10.2 Å². The van der Waals surface area contributed by atoms with E-state index in [2.05, 4.69) is 19.2 Å². The molecule has 1 aliphatic rings. The van der Waals surface area contributed by atoms with Gasteiger partial charge in [-0.25, -0.2) is 0 Å². The Morgan fingerprint density at radius 3 is 2.60 bits per heavy atom. The molecule has 1 aliphatic heterocycles. The summed E-state index contributed by atoms with van der Waals surface area (Å²) in [5, 5.41) is 13.1. The minimum atomic E-state index is -0.596. The van der Waals surface area contributed by atoms with Gasteiger partial charge < -0.3 is 15.3 Å². The highest BCUT2D eigenvalue weighted by atomic mass is 16.3. The SMILES string of the molecule is CC(C)CC(C(=O)NCCC(O)c1ccccc1)N1CCCCC1=O. The lowest BCUT2D eigenvalue weighted by molar-refractivity contribution is -0.143. The molecule has 0 aliphatic carbocycles. The maximum Gasteiger partial charge on any atom is 0.242 e. The average molecular weight is 346 g/mol. The molecule has 1 aromatic rings. The van der Waals surface area contributed by atoms with Crippen molar-refractivity contribution >= 4 is 11.8 Å². The van der Waals surface area contributed by atoms with Crippen LogP contribution in [0.3, 0.4) is 0 Å². The van der Waals surface area contributed by atoms with Crippen molar-refractivity contribution in [3.05, 3.63) is 35.9 Å². The van der Waals surface area contributed by atoms with Gasteiger partial charge in [0.1, 0.15) is 6.04 Å². The molecule has 0 bridgehead atoms. The summed E-state index contributed by atoms with van der Waals surface area (Å²) in [4.78, 5) is 26.6. The smallest absolute Gasteiger partial charge is 0.242 e. The van der Waals surface area contributed by atoms with Crippen molar-refractivity contribution < 1.29 is 14.7 Å². The maximum absolute atomic E-state index is 12.7. The second kappa shape index (κ2) is 9.56. The number of nitrogens with one attached hydrogen (secondary N) is 1. The lowest BCUT2D eigenvalue weighted by Crippen LogP contribution is -2.52. The lowest BCUT2D eigenvalue weighted by atomic mass is 9.98. The number of likely N-dealkylation sites (tertiary alicyclic amines) is 1. The summed E-state index contributed by atoms with van der Waals surface area (Å²) in [6.07, 6.45) is 2.93. The van der Waals surface area contributed by atoms with Crippen LogP contribution in [0.1, 0.15) is 57.6 Å². The van der Waals surface area contributed by atoms with E-state index < -0.39 is 12.1 Å². The van der Waals surface area contributed by atoms with Gasteiger partial charge in [-0.3, -0.25) is 9.59 Å². The molecule has 1 saturated heterocycles. The van der Waals surface area contributed by atoms with Gasteiger partial charge in [0.15, 0.2) is 0 Å². The Balaban J connectivity index is 1.89. The van der Waals surface area contributed by atoms with Crippen LogP contribution < -0.4 is 5.32 Å². The molecule has 1 aromatic carbocycles. The standard InChI is InChI=1S/C20H30N2O3/c1-15(2)14-17(22-13-7-6-10-19(22)24)20(25)21-12-11-18(23)16-8-4-3-5-9-16/h3-5,8-9,15,17-18,23H,6-7,10-14H2,1-2H3,(H,21,25). The van der Waals surface area contributed by atoms with Gasteiger partial charge >= 0.3 is 0 Å². The second-order valence-electron chi connectivity index (χ2n) is 7.20. The van der Waals surface area contributed by atoms with Crippen molar-refractivity contribution in [2.75, 3.05) is 13.1 Å². The summed E-state index contributed by atoms with van der Waals surface area (Å²) >= 11 is 0. The van der Waals surface area contributed by atoms with E-state index in [1.165, 1.54) is 0 Å². The molecule has 2 N–H and O–H groups in total. The van der Waals surface area contributed by atoms with Crippen LogP contribution in [-0.2, 0) is 9.59 Å². The number of piperidine rings is 1. The molecule has 5 nitrogen and oxygen atoms in total. The molecule has 5 heteroatoms. The zero-order valence-electron chi connectivity index (χ0n) is 15.3. The van der Waals surface area contributed by atoms with Gasteiger partial charge in [-0.2, -0.15) is 0 Å². The second-order valence-corrected chi connectivity index (χ2v) is 7.20. The number of aliphatic hydroxyl groups excluding tert-OH is 1. The Bertz CT molecular complexity index is 559. The highest BCUT2D eigenvalue weighted by Crippen LogP contribution is 2.19. The molecular formula is C20H30N2O3. The zero-order chi connectivity index (χ0) is 18.2. The molecule has 2 amide bonds. The zero-order valence-corrected chi connectivity index (χ0v) is 15.3. The van der Waals surface area contributed by atoms with Crippen LogP contribution in [0, 0.1) is 5.92 Å². The third kappa shape index (κ3) is 5.85. The van der Waals surface area contributed by atoms with Crippen molar-refractivity contribution in [2.24, 2.45) is 5.92 Å². The summed E-state index contributed by atoms with van der Waals surface area (Å²) in [7, 11) is 0. The first-order valence-corrected chi connectivity index (χ1v) is 9.29. The maximum atomic E-state index is 12.7. The predicted octanol–water partition coefficient (Wildman–Crippen LogP) is 2.65. The summed E-state index contributed by atoms with van der Waals surface area (Å²) in [5.41, 5.74) is 0.849. The normalized spacial score (nSPS) is 17.4. The van der Waals surface area contributed by atoms with Gasteiger partial charge in [-0.05, 0) is 37.2 Å². The van der Waals surface area contributed by atoms with E-state index >= 15 is 0 Å². The number of carbonyl (C=O) groups is 2. The summed E-state index contributed by atoms with van der Waals surface area (Å²) in [6.45, 7) is 5.18. The monoisotopic (exact) mass is 346 g/mol. The summed E-state index contributed by atoms with van der Waals surface area (Å²) in [5.74, 6) is 0.306. The largest absolute Gasteiger partial charge is 0.388 e. The Hall–Kier alpha value is -1.88. The number of hydrogen-bond donors (Lipinski definition) is 2. The minimum Gasteiger partial charge on any atom is -0.388 e. The Morgan fingerprint density at radius 2 is 1.96 bits per heavy atom. The van der Waals surface area contributed by atoms with Crippen LogP contribution in [0.15, 0.2) is 30.3 Å². The molecule has 1 heterocycles. The highest BCUT2D eigenvalue weighted by Gasteiger charge is 2.31. The van der Waals surface area contributed by atoms with Gasteiger partial charge in [0.05, 0.1) is 6.10 Å². The number of nitrogens with zero attached hydrogens (tertiary/aromatic N) is 1. The van der Waals surface area contributed by atoms with Crippen LogP contribution in [0.25, 0.3) is 0 Å². The summed E-state index contributed by atoms with van der Waals surface area (Å²) < 4.78 is 0. The van der Waals surface area contributed by atoms with Gasteiger partial charge in [-0.1, -0.05) is 44.2 Å². The van der Waals surface area contributed by atoms with Crippen molar-refractivity contribution in [2.45, 2.75) is 58.1 Å². The Labute approximate surface area is 150 Å². The van der Waals surface area contributed by atoms with Gasteiger partial charge in [0.25, 0.3) is 0 Å². The van der Waals surface area contributed by atoms with Gasteiger partial charge in [0.2, 0.25) is 11.8 Å². The molecule has 0 spiro atoms. The van der Waals surface area contributed by atoms with E-state index in [-0.39, 0.29) is 11.8 Å². The topological polar surface area (TPSA) is 69.6 Å². The average Bonchev–Trinajstić information content (AvgIpc) is 2.60. The number of amides is 2. The molecule has 2 unspecified atom stereocenters. The molecule has 0 radical (unpaired) electrons. The third-order valence-electron chi connectivity index (χ3n) is 4.63. The fraction of sp³-hybridized carbons (Fsp3) is 0.600. The van der Waals surface area contributed by atoms with E-state index in [1.54, 1.807) is 4.90 Å². The minimum absolute atomic E-state index is 0.0800. The number of rotatable bonds is 8. The van der Waals surface area contributed by atoms with E-state index in [4.69, 9.17) is 0 Å². The molecular weight excluding hydrogens is 316 g/mol. The van der Waals surface area contributed by atoms with Crippen LogP contribution in [0.2, 0.25) is 0 Å². The van der Waals surface area contributed by atoms with Gasteiger partial charge in [0, 0.05) is 19.5 Å². The molecule has 2 atom stereocenters. The van der Waals surface area contributed by atoms with Crippen LogP contribution in [-0.4, -0.2) is 41.0 Å². The van der Waals surface area contributed by atoms with Crippen molar-refractivity contribution in [3.8, 4) is 0 Å². The molecule has 25 heavy (non-hydrogen) atoms. The Kier molecular flexibility index (Phi) is 7.44. The van der Waals surface area contributed by atoms with E-state index in [0.717, 1.165) is 18.4 Å². The lowest BCUT2D eigenvalue weighted by Gasteiger charge is -2.34. The first kappa shape index (κ1) is 19.4. The van der Waals surface area contributed by atoms with Crippen LogP contribution in [0.4, 0.5) is 0 Å². The first-order chi connectivity index (χ1) is 12.0. The number of carbonyl (C=O) groups excluding carboxylic acids is 2. The van der Waals surface area contributed by atoms with E-state index in [1.807, 2.05) is 30.3 Å². The first-order valence-electron chi connectivity index (χ1n) is 9.29. The Morgan fingerprint density at radius 1 is 1.24 bits per heavy atom. The van der Waals surface area contributed by atoms with Crippen LogP contribution >= 0.6 is 0 Å². The number of hydrogen-bond acceptors (Lipinski definition) is 3. The quantitative estimate of drug-likeness (QED) is 0.760. The molecule has 138 valence electrons. The van der Waals surface area contributed by atoms with Gasteiger partial charge in [-0.15, -0.1) is 0 Å². The predicted molar refractivity (Wildman–Crippen MR) is 97.8 cm³/mol. The molecule has 1 fully saturated rings. The van der Waals surface area contributed by atoms with Crippen molar-refractivity contribution in [1.29, 1.82) is 0 Å². The van der Waals surface area contributed by atoms with Crippen LogP contribution in [0.5, 0.6) is 0 Å². The van der Waals surface area contributed by atoms with E-state index in [0.29, 0.717) is 38.3 Å². The fourth-order valence-electron chi connectivity index (χ4n) is 3.27. The molecule has 2 rings (SSSR count). The number of benzene rings is 1. The number of aliphatic hydroxyl groups is 1. The molecule has 0 aromatic heterocycles. The highest BCUT2D eigenvalue weighted by molar-refractivity contribution is 5.88. The third-order valence-corrected chi connectivity index (χ3v) is 4.63. The fourth-order valence-corrected chi connectivity index (χ4v) is 3.27.